The van der Waals surface area contributed by atoms with E-state index >= 15 is 0 Å². The number of pyridine rings is 1. The molecule has 0 radical (unpaired) electrons. The molecule has 1 rings (SSSR count). The zero-order valence-electron chi connectivity index (χ0n) is 8.24. The van der Waals surface area contributed by atoms with Gasteiger partial charge in [-0.15, -0.1) is 0 Å². The van der Waals surface area contributed by atoms with Crippen LogP contribution in [0.5, 0.6) is 0 Å². The molecule has 0 bridgehead atoms. The molecule has 4 N–H and O–H groups in total. The summed E-state index contributed by atoms with van der Waals surface area (Å²) in [5.74, 6) is 0.969. The van der Waals surface area contributed by atoms with E-state index in [0.717, 1.165) is 5.82 Å². The first-order chi connectivity index (χ1) is 6.63. The molecule has 0 saturated carbocycles. The largest absolute Gasteiger partial charge is 0.373 e. The highest BCUT2D eigenvalue weighted by Crippen LogP contribution is 2.09. The maximum Gasteiger partial charge on any atom is 0.239 e. The van der Waals surface area contributed by atoms with E-state index < -0.39 is 11.9 Å². The minimum Gasteiger partial charge on any atom is -0.373 e. The van der Waals surface area contributed by atoms with Crippen molar-refractivity contribution in [1.29, 1.82) is 0 Å². The minimum absolute atomic E-state index is 0.401. The topological polar surface area (TPSA) is 80.0 Å². The summed E-state index contributed by atoms with van der Waals surface area (Å²) in [5.41, 5.74) is 5.11. The SMILES string of the molecule is CNc1cccc(NC(C)C(N)=O)n1. The smallest absolute Gasteiger partial charge is 0.239 e. The number of nitrogens with zero attached hydrogens (tertiary/aromatic N) is 1. The fraction of sp³-hybridized carbons (Fsp3) is 0.333. The highest BCUT2D eigenvalue weighted by Gasteiger charge is 2.08. The van der Waals surface area contributed by atoms with Crippen LogP contribution in [0.2, 0.25) is 0 Å². The van der Waals surface area contributed by atoms with Crippen LogP contribution in [0.4, 0.5) is 11.6 Å². The zero-order valence-corrected chi connectivity index (χ0v) is 8.24. The van der Waals surface area contributed by atoms with Gasteiger partial charge in [-0.2, -0.15) is 0 Å². The first-order valence-corrected chi connectivity index (χ1v) is 4.34. The van der Waals surface area contributed by atoms with Gasteiger partial charge in [0.25, 0.3) is 0 Å². The summed E-state index contributed by atoms with van der Waals surface area (Å²) in [6.45, 7) is 1.69. The van der Waals surface area contributed by atoms with Crippen molar-refractivity contribution in [3.63, 3.8) is 0 Å². The Morgan fingerprint density at radius 1 is 1.50 bits per heavy atom. The number of hydrogen-bond acceptors (Lipinski definition) is 4. The van der Waals surface area contributed by atoms with Crippen LogP contribution in [-0.4, -0.2) is 24.0 Å². The summed E-state index contributed by atoms with van der Waals surface area (Å²) >= 11 is 0. The zero-order chi connectivity index (χ0) is 10.6. The molecule has 0 saturated heterocycles. The van der Waals surface area contributed by atoms with Gasteiger partial charge in [-0.05, 0) is 19.1 Å². The number of carbonyl (C=O) groups excluding carboxylic acids is 1. The number of primary amides is 1. The van der Waals surface area contributed by atoms with E-state index in [1.165, 1.54) is 0 Å². The van der Waals surface area contributed by atoms with Crippen molar-refractivity contribution >= 4 is 17.5 Å². The second kappa shape index (κ2) is 4.45. The van der Waals surface area contributed by atoms with E-state index in [-0.39, 0.29) is 0 Å². The Labute approximate surface area is 82.7 Å². The molecule has 0 aromatic carbocycles. The van der Waals surface area contributed by atoms with E-state index in [9.17, 15) is 4.79 Å². The van der Waals surface area contributed by atoms with Crippen LogP contribution < -0.4 is 16.4 Å². The monoisotopic (exact) mass is 194 g/mol. The average molecular weight is 194 g/mol. The third kappa shape index (κ3) is 2.62. The van der Waals surface area contributed by atoms with E-state index in [2.05, 4.69) is 15.6 Å². The van der Waals surface area contributed by atoms with Crippen LogP contribution in [-0.2, 0) is 4.79 Å². The molecule has 0 fully saturated rings. The van der Waals surface area contributed by atoms with Gasteiger partial charge in [0.1, 0.15) is 17.7 Å². The van der Waals surface area contributed by atoms with Gasteiger partial charge < -0.3 is 16.4 Å². The second-order valence-corrected chi connectivity index (χ2v) is 2.93. The molecule has 76 valence electrons. The number of anilines is 2. The average Bonchev–Trinajstić information content (AvgIpc) is 2.18. The highest BCUT2D eigenvalue weighted by atomic mass is 16.1. The molecule has 1 unspecified atom stereocenters. The molecule has 5 heteroatoms. The summed E-state index contributed by atoms with van der Waals surface area (Å²) in [7, 11) is 1.78. The predicted molar refractivity (Wildman–Crippen MR) is 56.1 cm³/mol. The maximum absolute atomic E-state index is 10.8. The summed E-state index contributed by atoms with van der Waals surface area (Å²) in [6.07, 6.45) is 0. The highest BCUT2D eigenvalue weighted by molar-refractivity contribution is 5.82. The van der Waals surface area contributed by atoms with Gasteiger partial charge in [-0.25, -0.2) is 4.98 Å². The molecule has 0 aliphatic rings. The van der Waals surface area contributed by atoms with Crippen molar-refractivity contribution in [1.82, 2.24) is 4.98 Å². The van der Waals surface area contributed by atoms with Gasteiger partial charge in [0.15, 0.2) is 0 Å². The Morgan fingerprint density at radius 2 is 2.14 bits per heavy atom. The molecule has 0 spiro atoms. The van der Waals surface area contributed by atoms with Crippen LogP contribution in [0.1, 0.15) is 6.92 Å². The summed E-state index contributed by atoms with van der Waals surface area (Å²) in [4.78, 5) is 15.0. The molecule has 1 aromatic rings. The predicted octanol–water partition coefficient (Wildman–Crippen LogP) is 0.409. The first-order valence-electron chi connectivity index (χ1n) is 4.34. The molecule has 1 heterocycles. The van der Waals surface area contributed by atoms with Gasteiger partial charge in [0, 0.05) is 7.05 Å². The lowest BCUT2D eigenvalue weighted by Gasteiger charge is -2.11. The molecular formula is C9H14N4O. The Morgan fingerprint density at radius 3 is 2.71 bits per heavy atom. The van der Waals surface area contributed by atoms with E-state index in [1.54, 1.807) is 20.0 Å². The standard InChI is InChI=1S/C9H14N4O/c1-6(9(10)14)12-8-5-3-4-7(11-2)13-8/h3-6H,1-2H3,(H2,10,14)(H2,11,12,13). The molecule has 5 nitrogen and oxygen atoms in total. The van der Waals surface area contributed by atoms with Crippen LogP contribution in [0, 0.1) is 0 Å². The third-order valence-corrected chi connectivity index (χ3v) is 1.80. The van der Waals surface area contributed by atoms with Gasteiger partial charge in [0.05, 0.1) is 0 Å². The Kier molecular flexibility index (Phi) is 3.28. The Hall–Kier alpha value is -1.78. The molecule has 1 aromatic heterocycles. The minimum atomic E-state index is -0.422. The molecule has 14 heavy (non-hydrogen) atoms. The van der Waals surface area contributed by atoms with E-state index in [0.29, 0.717) is 5.82 Å². The van der Waals surface area contributed by atoms with Crippen molar-refractivity contribution in [2.45, 2.75) is 13.0 Å². The number of nitrogens with one attached hydrogen (secondary N) is 2. The van der Waals surface area contributed by atoms with Crippen molar-refractivity contribution in [2.24, 2.45) is 5.73 Å². The summed E-state index contributed by atoms with van der Waals surface area (Å²) in [5, 5.41) is 5.79. The summed E-state index contributed by atoms with van der Waals surface area (Å²) < 4.78 is 0. The number of hydrogen-bond donors (Lipinski definition) is 3. The van der Waals surface area contributed by atoms with Gasteiger partial charge in [-0.1, -0.05) is 6.07 Å². The normalized spacial score (nSPS) is 11.9. The number of rotatable bonds is 4. The van der Waals surface area contributed by atoms with Crippen LogP contribution in [0.25, 0.3) is 0 Å². The fourth-order valence-corrected chi connectivity index (χ4v) is 0.947. The van der Waals surface area contributed by atoms with Crippen molar-refractivity contribution in [3.05, 3.63) is 18.2 Å². The van der Waals surface area contributed by atoms with Gasteiger partial charge in [-0.3, -0.25) is 4.79 Å². The van der Waals surface area contributed by atoms with Gasteiger partial charge >= 0.3 is 0 Å². The lowest BCUT2D eigenvalue weighted by molar-refractivity contribution is -0.118. The van der Waals surface area contributed by atoms with E-state index in [1.807, 2.05) is 12.1 Å². The maximum atomic E-state index is 10.8. The third-order valence-electron chi connectivity index (χ3n) is 1.80. The van der Waals surface area contributed by atoms with Gasteiger partial charge in [0.2, 0.25) is 5.91 Å². The van der Waals surface area contributed by atoms with Crippen molar-refractivity contribution < 1.29 is 4.79 Å². The fourth-order valence-electron chi connectivity index (χ4n) is 0.947. The quantitative estimate of drug-likeness (QED) is 0.648. The van der Waals surface area contributed by atoms with Crippen molar-refractivity contribution in [2.75, 3.05) is 17.7 Å². The molecule has 0 aliphatic heterocycles. The lowest BCUT2D eigenvalue weighted by Crippen LogP contribution is -2.32. The number of aromatic nitrogens is 1. The van der Waals surface area contributed by atoms with E-state index in [4.69, 9.17) is 5.73 Å². The Balaban J connectivity index is 2.71. The number of amides is 1. The molecular weight excluding hydrogens is 180 g/mol. The van der Waals surface area contributed by atoms with Crippen LogP contribution in [0.15, 0.2) is 18.2 Å². The summed E-state index contributed by atoms with van der Waals surface area (Å²) in [6, 6.07) is 5.03. The second-order valence-electron chi connectivity index (χ2n) is 2.93. The molecule has 0 aliphatic carbocycles. The van der Waals surface area contributed by atoms with Crippen molar-refractivity contribution in [3.8, 4) is 0 Å². The number of nitrogens with two attached hydrogens (primary N) is 1. The number of carbonyl (C=O) groups is 1. The van der Waals surface area contributed by atoms with Crippen LogP contribution >= 0.6 is 0 Å². The Bertz CT molecular complexity index is 326. The lowest BCUT2D eigenvalue weighted by atomic mass is 10.3. The first kappa shape index (κ1) is 10.3. The molecule has 1 amide bonds. The van der Waals surface area contributed by atoms with Crippen LogP contribution in [0.3, 0.4) is 0 Å². The molecule has 1 atom stereocenters.